The third-order valence-corrected chi connectivity index (χ3v) is 6.20. The molecule has 2 aromatic heterocycles. The number of hydrogen-bond donors (Lipinski definition) is 0. The molecule has 0 saturated carbocycles. The number of aromatic nitrogens is 3. The van der Waals surface area contributed by atoms with Crippen molar-refractivity contribution in [2.24, 2.45) is 7.05 Å². The molecule has 9 nitrogen and oxygen atoms in total. The molecule has 0 bridgehead atoms. The molecule has 1 aliphatic rings. The molecule has 178 valence electrons. The van der Waals surface area contributed by atoms with Gasteiger partial charge in [-0.25, -0.2) is 9.07 Å². The molecule has 0 N–H and O–H groups in total. The number of rotatable bonds is 5. The molecule has 1 fully saturated rings. The Balaban J connectivity index is 1.39. The fourth-order valence-electron chi connectivity index (χ4n) is 4.28. The molecule has 1 aliphatic heterocycles. The zero-order valence-corrected chi connectivity index (χ0v) is 19.0. The average molecular weight is 474 g/mol. The molecule has 1 saturated heterocycles. The van der Waals surface area contributed by atoms with Crippen molar-refractivity contribution in [1.29, 1.82) is 0 Å². The van der Waals surface area contributed by atoms with E-state index < -0.39 is 4.92 Å². The molecule has 0 radical (unpaired) electrons. The summed E-state index contributed by atoms with van der Waals surface area (Å²) in [6.45, 7) is 2.17. The van der Waals surface area contributed by atoms with Gasteiger partial charge in [0.05, 0.1) is 16.3 Å². The maximum Gasteiger partial charge on any atom is 0.272 e. The molecular weight excluding hydrogens is 451 g/mol. The molecule has 1 amide bonds. The average Bonchev–Trinajstić information content (AvgIpc) is 3.50. The first-order valence-electron chi connectivity index (χ1n) is 11.2. The van der Waals surface area contributed by atoms with Crippen LogP contribution >= 0.6 is 0 Å². The van der Waals surface area contributed by atoms with Crippen molar-refractivity contribution >= 4 is 17.3 Å². The normalized spacial score (nSPS) is 13.8. The van der Waals surface area contributed by atoms with Gasteiger partial charge >= 0.3 is 0 Å². The van der Waals surface area contributed by atoms with Crippen LogP contribution in [0, 0.1) is 15.9 Å². The Morgan fingerprint density at radius 1 is 0.971 bits per heavy atom. The van der Waals surface area contributed by atoms with Crippen LogP contribution in [0.5, 0.6) is 0 Å². The zero-order valence-electron chi connectivity index (χ0n) is 19.0. The molecule has 10 heteroatoms. The van der Waals surface area contributed by atoms with Gasteiger partial charge in [-0.15, -0.1) is 0 Å². The maximum atomic E-state index is 13.6. The van der Waals surface area contributed by atoms with E-state index in [1.807, 2.05) is 29.9 Å². The molecule has 0 aliphatic carbocycles. The minimum absolute atomic E-state index is 0.0469. The van der Waals surface area contributed by atoms with Gasteiger partial charge in [-0.2, -0.15) is 5.10 Å². The number of piperazine rings is 1. The smallest absolute Gasteiger partial charge is 0.272 e. The summed E-state index contributed by atoms with van der Waals surface area (Å²) in [5.74, 6) is -0.524. The highest BCUT2D eigenvalue weighted by Gasteiger charge is 2.27. The van der Waals surface area contributed by atoms with E-state index in [9.17, 15) is 19.3 Å². The van der Waals surface area contributed by atoms with Gasteiger partial charge < -0.3 is 14.4 Å². The number of nitrogens with zero attached hydrogens (tertiary/aromatic N) is 6. The van der Waals surface area contributed by atoms with E-state index in [1.165, 1.54) is 24.3 Å². The molecule has 35 heavy (non-hydrogen) atoms. The van der Waals surface area contributed by atoms with E-state index in [2.05, 4.69) is 10.00 Å². The topological polar surface area (TPSA) is 89.4 Å². The van der Waals surface area contributed by atoms with Crippen LogP contribution in [-0.4, -0.2) is 56.3 Å². The number of carbonyl (C=O) groups is 1. The van der Waals surface area contributed by atoms with Gasteiger partial charge in [-0.1, -0.05) is 0 Å². The summed E-state index contributed by atoms with van der Waals surface area (Å²) in [6, 6.07) is 17.9. The van der Waals surface area contributed by atoms with Crippen molar-refractivity contribution in [2.75, 3.05) is 31.1 Å². The number of halogens is 1. The zero-order chi connectivity index (χ0) is 24.5. The largest absolute Gasteiger partial charge is 0.368 e. The second kappa shape index (κ2) is 9.05. The van der Waals surface area contributed by atoms with Gasteiger partial charge in [0, 0.05) is 57.2 Å². The number of hydrogen-bond acceptors (Lipinski definition) is 5. The van der Waals surface area contributed by atoms with Gasteiger partial charge in [0.1, 0.15) is 17.2 Å². The number of amides is 1. The van der Waals surface area contributed by atoms with Crippen molar-refractivity contribution in [3.8, 4) is 17.1 Å². The van der Waals surface area contributed by atoms with E-state index in [-0.39, 0.29) is 17.4 Å². The Bertz CT molecular complexity index is 1370. The van der Waals surface area contributed by atoms with E-state index in [1.54, 1.807) is 39.9 Å². The van der Waals surface area contributed by atoms with Crippen LogP contribution in [0.3, 0.4) is 0 Å². The second-order valence-electron chi connectivity index (χ2n) is 8.36. The summed E-state index contributed by atoms with van der Waals surface area (Å²) < 4.78 is 17.0. The van der Waals surface area contributed by atoms with Crippen LogP contribution in [0.15, 0.2) is 72.9 Å². The Kier molecular flexibility index (Phi) is 5.77. The van der Waals surface area contributed by atoms with Crippen LogP contribution in [0.25, 0.3) is 17.1 Å². The lowest BCUT2D eigenvalue weighted by molar-refractivity contribution is -0.384. The molecule has 0 spiro atoms. The number of nitro benzene ring substituents is 1. The Morgan fingerprint density at radius 2 is 1.63 bits per heavy atom. The van der Waals surface area contributed by atoms with Gasteiger partial charge in [-0.05, 0) is 54.6 Å². The first kappa shape index (κ1) is 22.3. The predicted octanol–water partition coefficient (Wildman–Crippen LogP) is 3.89. The highest BCUT2D eigenvalue weighted by Crippen LogP contribution is 2.25. The summed E-state index contributed by atoms with van der Waals surface area (Å²) in [7, 11) is 1.91. The van der Waals surface area contributed by atoms with Crippen LogP contribution in [0.1, 0.15) is 10.5 Å². The number of nitro groups is 1. The lowest BCUT2D eigenvalue weighted by Crippen LogP contribution is -2.49. The number of non-ortho nitro benzene ring substituents is 1. The summed E-state index contributed by atoms with van der Waals surface area (Å²) in [5.41, 5.74) is 3.43. The number of benzene rings is 2. The third kappa shape index (κ3) is 4.37. The van der Waals surface area contributed by atoms with Gasteiger partial charge in [0.25, 0.3) is 11.6 Å². The van der Waals surface area contributed by atoms with Crippen molar-refractivity contribution < 1.29 is 14.1 Å². The number of aryl methyl sites for hydroxylation is 1. The van der Waals surface area contributed by atoms with Crippen LogP contribution in [-0.2, 0) is 7.05 Å². The fraction of sp³-hybridized carbons (Fsp3) is 0.200. The summed E-state index contributed by atoms with van der Waals surface area (Å²) in [4.78, 5) is 27.9. The van der Waals surface area contributed by atoms with Crippen LogP contribution in [0.2, 0.25) is 0 Å². The number of carbonyl (C=O) groups excluding carboxylic acids is 1. The molecular formula is C25H23FN6O3. The highest BCUT2D eigenvalue weighted by atomic mass is 19.1. The monoisotopic (exact) mass is 474 g/mol. The van der Waals surface area contributed by atoms with Gasteiger partial charge in [-0.3, -0.25) is 14.9 Å². The van der Waals surface area contributed by atoms with Crippen LogP contribution < -0.4 is 4.90 Å². The van der Waals surface area contributed by atoms with Crippen LogP contribution in [0.4, 0.5) is 15.8 Å². The highest BCUT2D eigenvalue weighted by molar-refractivity contribution is 5.94. The first-order valence-corrected chi connectivity index (χ1v) is 11.2. The minimum atomic E-state index is -0.422. The van der Waals surface area contributed by atoms with Crippen molar-refractivity contribution in [2.45, 2.75) is 0 Å². The number of anilines is 1. The van der Waals surface area contributed by atoms with E-state index in [4.69, 9.17) is 0 Å². The predicted molar refractivity (Wildman–Crippen MR) is 129 cm³/mol. The summed E-state index contributed by atoms with van der Waals surface area (Å²) in [5, 5.41) is 15.6. The Hall–Kier alpha value is -4.47. The molecule has 0 unspecified atom stereocenters. The summed E-state index contributed by atoms with van der Waals surface area (Å²) >= 11 is 0. The van der Waals surface area contributed by atoms with E-state index in [0.717, 1.165) is 11.4 Å². The molecule has 5 rings (SSSR count). The lowest BCUT2D eigenvalue weighted by Gasteiger charge is -2.36. The van der Waals surface area contributed by atoms with Crippen molar-refractivity contribution in [3.63, 3.8) is 0 Å². The Labute approximate surface area is 200 Å². The minimum Gasteiger partial charge on any atom is -0.368 e. The first-order chi connectivity index (χ1) is 16.9. The quantitative estimate of drug-likeness (QED) is 0.323. The standard InChI is InChI=1S/C25H23FN6O3/c1-28-12-2-3-23(28)22-17-24(31(27-22)20-6-4-18(26)5-7-20)25(33)30-15-13-29(14-16-30)19-8-10-21(11-9-19)32(34)35/h2-12,17H,13-16H2,1H3. The molecule has 2 aromatic carbocycles. The fourth-order valence-corrected chi connectivity index (χ4v) is 4.28. The van der Waals surface area contributed by atoms with Gasteiger partial charge in [0.2, 0.25) is 0 Å². The maximum absolute atomic E-state index is 13.6. The lowest BCUT2D eigenvalue weighted by atomic mass is 10.2. The van der Waals surface area contributed by atoms with Crippen molar-refractivity contribution in [3.05, 3.63) is 94.6 Å². The SMILES string of the molecule is Cn1cccc1-c1cc(C(=O)N2CCN(c3ccc([N+](=O)[O-])cc3)CC2)n(-c2ccc(F)cc2)n1. The van der Waals surface area contributed by atoms with E-state index in [0.29, 0.717) is 43.3 Å². The second-order valence-corrected chi connectivity index (χ2v) is 8.36. The Morgan fingerprint density at radius 3 is 2.23 bits per heavy atom. The van der Waals surface area contributed by atoms with E-state index >= 15 is 0 Å². The third-order valence-electron chi connectivity index (χ3n) is 6.20. The summed E-state index contributed by atoms with van der Waals surface area (Å²) in [6.07, 6.45) is 1.91. The van der Waals surface area contributed by atoms with Gasteiger partial charge in [0.15, 0.2) is 0 Å². The molecule has 3 heterocycles. The molecule has 0 atom stereocenters. The van der Waals surface area contributed by atoms with Crippen molar-refractivity contribution in [1.82, 2.24) is 19.2 Å². The molecule has 4 aromatic rings.